The number of hydrogen-bond donors (Lipinski definition) is 3. The number of carbonyl (C=O) groups excluding carboxylic acids is 1. The maximum atomic E-state index is 12.4. The summed E-state index contributed by atoms with van der Waals surface area (Å²) >= 11 is 0. The van der Waals surface area contributed by atoms with E-state index in [1.807, 2.05) is 32.0 Å². The molecule has 0 saturated carbocycles. The van der Waals surface area contributed by atoms with Crippen molar-refractivity contribution in [3.05, 3.63) is 71.3 Å². The van der Waals surface area contributed by atoms with E-state index in [9.17, 15) is 9.59 Å². The second kappa shape index (κ2) is 8.02. The summed E-state index contributed by atoms with van der Waals surface area (Å²) in [6.45, 7) is 3.69. The Morgan fingerprint density at radius 3 is 2.55 bits per heavy atom. The van der Waals surface area contributed by atoms with Gasteiger partial charge in [0.1, 0.15) is 17.0 Å². The molecule has 0 aliphatic rings. The minimum Gasteiger partial charge on any atom is -0.457 e. The summed E-state index contributed by atoms with van der Waals surface area (Å²) in [6.07, 6.45) is 3.53. The molecule has 2 aromatic carbocycles. The number of ether oxygens (including phenoxy) is 1. The van der Waals surface area contributed by atoms with E-state index in [0.717, 1.165) is 16.5 Å². The zero-order valence-corrected chi connectivity index (χ0v) is 17.6. The number of benzene rings is 2. The molecule has 7 heteroatoms. The number of carbonyl (C=O) groups is 1. The first-order valence-electron chi connectivity index (χ1n) is 9.99. The molecule has 4 N–H and O–H groups in total. The quantitative estimate of drug-likeness (QED) is 0.417. The molecule has 4 aromatic rings. The summed E-state index contributed by atoms with van der Waals surface area (Å²) in [4.78, 5) is 27.3. The third kappa shape index (κ3) is 4.02. The zero-order chi connectivity index (χ0) is 22.1. The Labute approximate surface area is 179 Å². The van der Waals surface area contributed by atoms with Gasteiger partial charge in [0, 0.05) is 53.2 Å². The number of nitrogens with two attached hydrogens (primary N) is 1. The Kier molecular flexibility index (Phi) is 5.25. The normalized spacial score (nSPS) is 11.1. The lowest BCUT2D eigenvalue weighted by molar-refractivity contribution is -0.118. The van der Waals surface area contributed by atoms with Crippen LogP contribution in [0.2, 0.25) is 0 Å². The number of hydrogen-bond acceptors (Lipinski definition) is 4. The predicted octanol–water partition coefficient (Wildman–Crippen LogP) is 4.50. The van der Waals surface area contributed by atoms with Crippen molar-refractivity contribution in [2.24, 2.45) is 13.0 Å². The lowest BCUT2D eigenvalue weighted by Gasteiger charge is -2.15. The molecule has 0 saturated heterocycles. The van der Waals surface area contributed by atoms with E-state index in [4.69, 9.17) is 10.5 Å². The van der Waals surface area contributed by atoms with Crippen molar-refractivity contribution >= 4 is 28.2 Å². The van der Waals surface area contributed by atoms with Crippen LogP contribution in [-0.4, -0.2) is 15.5 Å². The molecule has 2 heterocycles. The molecular weight excluding hydrogens is 392 g/mol. The Bertz CT molecular complexity index is 1320. The Balaban J connectivity index is 1.71. The highest BCUT2D eigenvalue weighted by molar-refractivity contribution is 5.96. The van der Waals surface area contributed by atoms with Gasteiger partial charge in [-0.15, -0.1) is 0 Å². The minimum absolute atomic E-state index is 0.0419. The van der Waals surface area contributed by atoms with Crippen LogP contribution in [0.3, 0.4) is 0 Å². The molecule has 31 heavy (non-hydrogen) atoms. The number of amides is 1. The lowest BCUT2D eigenvalue weighted by Crippen LogP contribution is -2.17. The van der Waals surface area contributed by atoms with Crippen molar-refractivity contribution in [3.8, 4) is 22.6 Å². The number of fused-ring (bicyclic) bond motifs is 1. The maximum absolute atomic E-state index is 12.4. The average Bonchev–Trinajstić information content (AvgIpc) is 3.23. The molecule has 158 valence electrons. The molecule has 0 unspecified atom stereocenters. The van der Waals surface area contributed by atoms with E-state index in [-0.39, 0.29) is 17.4 Å². The van der Waals surface area contributed by atoms with Crippen molar-refractivity contribution in [3.63, 3.8) is 0 Å². The highest BCUT2D eigenvalue weighted by atomic mass is 16.5. The molecular formula is C24H24N4O3. The second-order valence-corrected chi connectivity index (χ2v) is 7.75. The number of nitrogen functional groups attached to an aromatic ring is 1. The Morgan fingerprint density at radius 1 is 1.10 bits per heavy atom. The number of aryl methyl sites for hydroxylation is 1. The number of H-pyrrole nitrogens is 1. The average molecular weight is 416 g/mol. The van der Waals surface area contributed by atoms with E-state index in [2.05, 4.69) is 10.3 Å². The fourth-order valence-corrected chi connectivity index (χ4v) is 3.35. The van der Waals surface area contributed by atoms with Crippen LogP contribution in [0.4, 0.5) is 11.4 Å². The Morgan fingerprint density at radius 2 is 1.84 bits per heavy atom. The van der Waals surface area contributed by atoms with Crippen molar-refractivity contribution in [1.82, 2.24) is 9.55 Å². The number of aromatic amines is 1. The van der Waals surface area contributed by atoms with Crippen molar-refractivity contribution in [2.45, 2.75) is 13.8 Å². The van der Waals surface area contributed by atoms with Crippen LogP contribution >= 0.6 is 0 Å². The highest BCUT2D eigenvalue weighted by Crippen LogP contribution is 2.37. The summed E-state index contributed by atoms with van der Waals surface area (Å²) in [5.41, 5.74) is 9.39. The molecule has 0 spiro atoms. The van der Waals surface area contributed by atoms with E-state index in [0.29, 0.717) is 28.4 Å². The summed E-state index contributed by atoms with van der Waals surface area (Å²) < 4.78 is 7.69. The van der Waals surface area contributed by atoms with Gasteiger partial charge in [-0.25, -0.2) is 0 Å². The van der Waals surface area contributed by atoms with Gasteiger partial charge < -0.3 is 25.3 Å². The molecule has 7 nitrogen and oxygen atoms in total. The molecule has 0 fully saturated rings. The smallest absolute Gasteiger partial charge is 0.274 e. The van der Waals surface area contributed by atoms with Gasteiger partial charge in [0.05, 0.1) is 0 Å². The summed E-state index contributed by atoms with van der Waals surface area (Å²) in [7, 11) is 1.71. The molecule has 0 aliphatic heterocycles. The number of nitrogens with one attached hydrogen (secondary N) is 2. The third-order valence-electron chi connectivity index (χ3n) is 5.06. The van der Waals surface area contributed by atoms with Crippen LogP contribution in [0.5, 0.6) is 11.5 Å². The van der Waals surface area contributed by atoms with E-state index < -0.39 is 0 Å². The van der Waals surface area contributed by atoms with Crippen molar-refractivity contribution in [1.29, 1.82) is 0 Å². The first kappa shape index (κ1) is 20.3. The van der Waals surface area contributed by atoms with E-state index in [1.54, 1.807) is 49.8 Å². The molecule has 4 rings (SSSR count). The number of anilines is 2. The lowest BCUT2D eigenvalue weighted by atomic mass is 10.0. The van der Waals surface area contributed by atoms with Crippen LogP contribution in [0.1, 0.15) is 13.8 Å². The van der Waals surface area contributed by atoms with Gasteiger partial charge in [-0.05, 0) is 48.5 Å². The van der Waals surface area contributed by atoms with Gasteiger partial charge >= 0.3 is 0 Å². The van der Waals surface area contributed by atoms with Gasteiger partial charge in [-0.2, -0.15) is 0 Å². The van der Waals surface area contributed by atoms with Gasteiger partial charge in [0.25, 0.3) is 5.56 Å². The molecule has 2 aromatic heterocycles. The summed E-state index contributed by atoms with van der Waals surface area (Å²) in [5.74, 6) is 1.08. The monoisotopic (exact) mass is 416 g/mol. The van der Waals surface area contributed by atoms with Crippen LogP contribution in [0.15, 0.2) is 65.7 Å². The minimum atomic E-state index is -0.103. The predicted molar refractivity (Wildman–Crippen MR) is 123 cm³/mol. The highest BCUT2D eigenvalue weighted by Gasteiger charge is 2.15. The van der Waals surface area contributed by atoms with Gasteiger partial charge in [-0.1, -0.05) is 13.8 Å². The first-order chi connectivity index (χ1) is 14.8. The third-order valence-corrected chi connectivity index (χ3v) is 5.06. The zero-order valence-electron chi connectivity index (χ0n) is 17.6. The molecule has 0 bridgehead atoms. The first-order valence-corrected chi connectivity index (χ1v) is 9.99. The fourth-order valence-electron chi connectivity index (χ4n) is 3.35. The molecule has 0 atom stereocenters. The number of pyridine rings is 1. The number of aromatic nitrogens is 2. The van der Waals surface area contributed by atoms with Gasteiger partial charge in [-0.3, -0.25) is 9.59 Å². The van der Waals surface area contributed by atoms with Crippen molar-refractivity contribution < 1.29 is 9.53 Å². The number of nitrogens with zero attached hydrogens (tertiary/aromatic N) is 1. The topological polar surface area (TPSA) is 102 Å². The second-order valence-electron chi connectivity index (χ2n) is 7.75. The van der Waals surface area contributed by atoms with Gasteiger partial charge in [0.15, 0.2) is 0 Å². The van der Waals surface area contributed by atoms with E-state index in [1.165, 1.54) is 4.57 Å². The van der Waals surface area contributed by atoms with E-state index >= 15 is 0 Å². The summed E-state index contributed by atoms with van der Waals surface area (Å²) in [6, 6.07) is 14.5. The van der Waals surface area contributed by atoms with Crippen LogP contribution < -0.4 is 21.3 Å². The van der Waals surface area contributed by atoms with Crippen LogP contribution in [0, 0.1) is 5.92 Å². The van der Waals surface area contributed by atoms with Crippen LogP contribution in [0.25, 0.3) is 22.0 Å². The molecule has 0 aliphatic carbocycles. The molecule has 0 radical (unpaired) electrons. The van der Waals surface area contributed by atoms with Crippen LogP contribution in [-0.2, 0) is 11.8 Å². The number of rotatable bonds is 5. The fraction of sp³-hybridized carbons (Fsp3) is 0.167. The van der Waals surface area contributed by atoms with Gasteiger partial charge in [0.2, 0.25) is 5.91 Å². The summed E-state index contributed by atoms with van der Waals surface area (Å²) in [5, 5.41) is 3.66. The molecule has 1 amide bonds. The standard InChI is InChI=1S/C24H24N4O3/c1-14(2)23(29)27-16-5-7-17(8-6-16)31-21-9-4-15(25)12-19(21)20-13-28(3)24(30)22-18(20)10-11-26-22/h4-14,26H,25H2,1-3H3,(H,27,29). The largest absolute Gasteiger partial charge is 0.457 e. The maximum Gasteiger partial charge on any atom is 0.274 e. The SMILES string of the molecule is CC(C)C(=O)Nc1ccc(Oc2ccc(N)cc2-c2cn(C)c(=O)c3[nH]ccc23)cc1. The Hall–Kier alpha value is -4.00. The van der Waals surface area contributed by atoms with Crippen molar-refractivity contribution in [2.75, 3.05) is 11.1 Å².